The molecule has 3 nitrogen and oxygen atoms in total. The van der Waals surface area contributed by atoms with Crippen molar-refractivity contribution >= 4 is 0 Å². The standard InChI is InChI=1S/C13H23N3/c1-4-14-12-6-5-10(2)9-13(12)16-8-7-15-11(16)3/h7-8,10,12-14H,4-6,9H2,1-3H3. The first-order valence-corrected chi connectivity index (χ1v) is 6.45. The Morgan fingerprint density at radius 1 is 1.50 bits per heavy atom. The number of likely N-dealkylation sites (N-methyl/N-ethyl adjacent to an activating group) is 1. The molecule has 1 aliphatic rings. The van der Waals surface area contributed by atoms with Crippen LogP contribution in [0.25, 0.3) is 0 Å². The van der Waals surface area contributed by atoms with Crippen LogP contribution in [0.3, 0.4) is 0 Å². The van der Waals surface area contributed by atoms with Gasteiger partial charge < -0.3 is 9.88 Å². The van der Waals surface area contributed by atoms with E-state index in [1.54, 1.807) is 0 Å². The van der Waals surface area contributed by atoms with Gasteiger partial charge in [-0.2, -0.15) is 0 Å². The second kappa shape index (κ2) is 5.00. The van der Waals surface area contributed by atoms with Crippen molar-refractivity contribution in [1.82, 2.24) is 14.9 Å². The molecule has 0 amide bonds. The zero-order valence-electron chi connectivity index (χ0n) is 10.6. The fraction of sp³-hybridized carbons (Fsp3) is 0.769. The van der Waals surface area contributed by atoms with Gasteiger partial charge in [-0.1, -0.05) is 13.8 Å². The van der Waals surface area contributed by atoms with Crippen LogP contribution < -0.4 is 5.32 Å². The van der Waals surface area contributed by atoms with Crippen LogP contribution in [0.5, 0.6) is 0 Å². The lowest BCUT2D eigenvalue weighted by Crippen LogP contribution is -2.41. The molecule has 3 atom stereocenters. The molecule has 90 valence electrons. The van der Waals surface area contributed by atoms with Crippen molar-refractivity contribution in [2.75, 3.05) is 6.54 Å². The lowest BCUT2D eigenvalue weighted by atomic mass is 9.83. The molecule has 1 aromatic rings. The number of rotatable bonds is 3. The van der Waals surface area contributed by atoms with E-state index in [1.807, 2.05) is 6.20 Å². The number of aromatic nitrogens is 2. The number of nitrogens with zero attached hydrogens (tertiary/aromatic N) is 2. The number of hydrogen-bond acceptors (Lipinski definition) is 2. The van der Waals surface area contributed by atoms with E-state index in [0.29, 0.717) is 12.1 Å². The quantitative estimate of drug-likeness (QED) is 0.850. The number of hydrogen-bond donors (Lipinski definition) is 1. The summed E-state index contributed by atoms with van der Waals surface area (Å²) in [6.07, 6.45) is 7.95. The normalized spacial score (nSPS) is 30.6. The largest absolute Gasteiger partial charge is 0.331 e. The van der Waals surface area contributed by atoms with Crippen LogP contribution in [0.4, 0.5) is 0 Å². The summed E-state index contributed by atoms with van der Waals surface area (Å²) in [5.74, 6) is 1.98. The van der Waals surface area contributed by atoms with Crippen LogP contribution >= 0.6 is 0 Å². The van der Waals surface area contributed by atoms with Crippen molar-refractivity contribution < 1.29 is 0 Å². The minimum Gasteiger partial charge on any atom is -0.331 e. The maximum absolute atomic E-state index is 4.35. The Labute approximate surface area is 98.3 Å². The van der Waals surface area contributed by atoms with Crippen molar-refractivity contribution in [1.29, 1.82) is 0 Å². The molecule has 0 saturated heterocycles. The van der Waals surface area contributed by atoms with E-state index in [1.165, 1.54) is 19.3 Å². The van der Waals surface area contributed by atoms with Crippen LogP contribution in [0.15, 0.2) is 12.4 Å². The van der Waals surface area contributed by atoms with Crippen LogP contribution in [-0.4, -0.2) is 22.1 Å². The Morgan fingerprint density at radius 3 is 2.94 bits per heavy atom. The molecule has 1 N–H and O–H groups in total. The predicted molar refractivity (Wildman–Crippen MR) is 66.5 cm³/mol. The average Bonchev–Trinajstić information content (AvgIpc) is 2.67. The van der Waals surface area contributed by atoms with Gasteiger partial charge in [0.1, 0.15) is 5.82 Å². The molecule has 0 aliphatic heterocycles. The third-order valence-corrected chi connectivity index (χ3v) is 3.76. The van der Waals surface area contributed by atoms with Crippen LogP contribution in [-0.2, 0) is 0 Å². The Morgan fingerprint density at radius 2 is 2.31 bits per heavy atom. The molecule has 3 heteroatoms. The highest BCUT2D eigenvalue weighted by atomic mass is 15.1. The van der Waals surface area contributed by atoms with Crippen molar-refractivity contribution in [2.24, 2.45) is 5.92 Å². The first kappa shape index (κ1) is 11.6. The molecule has 0 aromatic carbocycles. The zero-order valence-corrected chi connectivity index (χ0v) is 10.6. The van der Waals surface area contributed by atoms with Crippen LogP contribution in [0, 0.1) is 12.8 Å². The van der Waals surface area contributed by atoms with Crippen LogP contribution in [0.1, 0.15) is 45.0 Å². The molecular formula is C13H23N3. The summed E-state index contributed by atoms with van der Waals surface area (Å²) in [6.45, 7) is 7.71. The van der Waals surface area contributed by atoms with E-state index in [0.717, 1.165) is 18.3 Å². The highest BCUT2D eigenvalue weighted by Gasteiger charge is 2.29. The predicted octanol–water partition coefficient (Wildman–Crippen LogP) is 2.53. The van der Waals surface area contributed by atoms with Crippen LogP contribution in [0.2, 0.25) is 0 Å². The molecule has 1 aromatic heterocycles. The minimum atomic E-state index is 0.589. The molecule has 0 spiro atoms. The van der Waals surface area contributed by atoms with E-state index in [9.17, 15) is 0 Å². The Hall–Kier alpha value is -0.830. The van der Waals surface area contributed by atoms with Gasteiger partial charge in [-0.25, -0.2) is 4.98 Å². The summed E-state index contributed by atoms with van der Waals surface area (Å²) < 4.78 is 2.35. The van der Waals surface area contributed by atoms with E-state index < -0.39 is 0 Å². The van der Waals surface area contributed by atoms with Gasteiger partial charge in [0.15, 0.2) is 0 Å². The third-order valence-electron chi connectivity index (χ3n) is 3.76. The maximum atomic E-state index is 4.35. The second-order valence-electron chi connectivity index (χ2n) is 5.03. The molecule has 0 radical (unpaired) electrons. The lowest BCUT2D eigenvalue weighted by Gasteiger charge is -2.36. The molecule has 1 aliphatic carbocycles. The smallest absolute Gasteiger partial charge is 0.105 e. The summed E-state index contributed by atoms with van der Waals surface area (Å²) in [5, 5.41) is 3.62. The topological polar surface area (TPSA) is 29.9 Å². The molecule has 2 rings (SSSR count). The first-order chi connectivity index (χ1) is 7.72. The SMILES string of the molecule is CCNC1CCC(C)CC1n1ccnc1C. The van der Waals surface area contributed by atoms with Crippen molar-refractivity contribution in [3.05, 3.63) is 18.2 Å². The number of imidazole rings is 1. The van der Waals surface area contributed by atoms with E-state index in [4.69, 9.17) is 0 Å². The first-order valence-electron chi connectivity index (χ1n) is 6.45. The van der Waals surface area contributed by atoms with Gasteiger partial charge >= 0.3 is 0 Å². The minimum absolute atomic E-state index is 0.589. The van der Waals surface area contributed by atoms with E-state index in [-0.39, 0.29) is 0 Å². The molecule has 1 heterocycles. The van der Waals surface area contributed by atoms with Crippen molar-refractivity contribution in [2.45, 2.75) is 52.1 Å². The second-order valence-corrected chi connectivity index (χ2v) is 5.03. The summed E-state index contributed by atoms with van der Waals surface area (Å²) in [4.78, 5) is 4.35. The fourth-order valence-electron chi connectivity index (χ4n) is 2.90. The molecule has 1 saturated carbocycles. The highest BCUT2D eigenvalue weighted by Crippen LogP contribution is 2.33. The summed E-state index contributed by atoms with van der Waals surface area (Å²) in [7, 11) is 0. The summed E-state index contributed by atoms with van der Waals surface area (Å²) in [5.41, 5.74) is 0. The molecule has 1 fully saturated rings. The average molecular weight is 221 g/mol. The van der Waals surface area contributed by atoms with Gasteiger partial charge in [0.2, 0.25) is 0 Å². The van der Waals surface area contributed by atoms with E-state index in [2.05, 4.69) is 41.8 Å². The van der Waals surface area contributed by atoms with Gasteiger partial charge in [-0.15, -0.1) is 0 Å². The molecule has 16 heavy (non-hydrogen) atoms. The Bertz CT molecular complexity index is 332. The monoisotopic (exact) mass is 221 g/mol. The van der Waals surface area contributed by atoms with Gasteiger partial charge in [0, 0.05) is 18.4 Å². The van der Waals surface area contributed by atoms with Crippen molar-refractivity contribution in [3.8, 4) is 0 Å². The van der Waals surface area contributed by atoms with Gasteiger partial charge in [0.25, 0.3) is 0 Å². The maximum Gasteiger partial charge on any atom is 0.105 e. The summed E-state index contributed by atoms with van der Waals surface area (Å²) >= 11 is 0. The third kappa shape index (κ3) is 2.29. The summed E-state index contributed by atoms with van der Waals surface area (Å²) in [6, 6.07) is 1.21. The highest BCUT2D eigenvalue weighted by molar-refractivity contribution is 4.97. The number of aryl methyl sites for hydroxylation is 1. The zero-order chi connectivity index (χ0) is 11.5. The number of nitrogens with one attached hydrogen (secondary N) is 1. The van der Waals surface area contributed by atoms with Crippen molar-refractivity contribution in [3.63, 3.8) is 0 Å². The molecule has 3 unspecified atom stereocenters. The van der Waals surface area contributed by atoms with Gasteiger partial charge in [-0.05, 0) is 38.6 Å². The molecular weight excluding hydrogens is 198 g/mol. The Balaban J connectivity index is 2.17. The fourth-order valence-corrected chi connectivity index (χ4v) is 2.90. The van der Waals surface area contributed by atoms with Gasteiger partial charge in [0.05, 0.1) is 6.04 Å². The Kier molecular flexibility index (Phi) is 3.64. The molecule has 0 bridgehead atoms. The lowest BCUT2D eigenvalue weighted by molar-refractivity contribution is 0.215. The van der Waals surface area contributed by atoms with Gasteiger partial charge in [-0.3, -0.25) is 0 Å². The van der Waals surface area contributed by atoms with E-state index >= 15 is 0 Å².